The van der Waals surface area contributed by atoms with Crippen LogP contribution in [0.1, 0.15) is 19.4 Å². The molecule has 0 unspecified atom stereocenters. The summed E-state index contributed by atoms with van der Waals surface area (Å²) < 4.78 is 45.6. The molecule has 0 bridgehead atoms. The molecule has 0 N–H and O–H groups in total. The van der Waals surface area contributed by atoms with Gasteiger partial charge in [-0.25, -0.2) is 0 Å². The SMILES string of the molecule is [2H]C([2H])([2H])c1c[c-]c(-c2cc(C([2H])([2H])[2H])c([Si](C)(C)C)cn2)cc1.[Ir]. The van der Waals surface area contributed by atoms with Crippen LogP contribution in [0.15, 0.2) is 30.5 Å². The second kappa shape index (κ2) is 6.13. The van der Waals surface area contributed by atoms with Gasteiger partial charge in [-0.1, -0.05) is 38.1 Å². The van der Waals surface area contributed by atoms with Gasteiger partial charge in [0, 0.05) is 34.5 Å². The Bertz CT molecular complexity index is 732. The van der Waals surface area contributed by atoms with E-state index in [0.717, 1.165) is 5.19 Å². The zero-order valence-corrected chi connectivity index (χ0v) is 14.6. The predicted molar refractivity (Wildman–Crippen MR) is 81.0 cm³/mol. The molecule has 0 saturated carbocycles. The maximum absolute atomic E-state index is 7.81. The molecule has 0 aliphatic heterocycles. The number of aryl methyl sites for hydroxylation is 2. The van der Waals surface area contributed by atoms with Crippen molar-refractivity contribution in [3.8, 4) is 11.3 Å². The second-order valence-electron chi connectivity index (χ2n) is 5.36. The molecule has 0 saturated heterocycles. The Morgan fingerprint density at radius 2 is 2.00 bits per heavy atom. The largest absolute Gasteiger partial charge is 0.305 e. The topological polar surface area (TPSA) is 12.9 Å². The van der Waals surface area contributed by atoms with Crippen LogP contribution in [0.2, 0.25) is 19.6 Å². The van der Waals surface area contributed by atoms with Gasteiger partial charge >= 0.3 is 0 Å². The predicted octanol–water partition coefficient (Wildman–Crippen LogP) is 3.71. The molecule has 2 aromatic rings. The van der Waals surface area contributed by atoms with E-state index in [4.69, 9.17) is 8.22 Å². The van der Waals surface area contributed by atoms with Crippen LogP contribution in [0, 0.1) is 19.8 Å². The van der Waals surface area contributed by atoms with Crippen molar-refractivity contribution in [3.05, 3.63) is 47.7 Å². The Hall–Kier alpha value is -0.764. The van der Waals surface area contributed by atoms with Gasteiger partial charge in [0.05, 0.1) is 8.07 Å². The monoisotopic (exact) mass is 453 g/mol. The Labute approximate surface area is 139 Å². The molecule has 0 spiro atoms. The van der Waals surface area contributed by atoms with Gasteiger partial charge in [-0.2, -0.15) is 0 Å². The Morgan fingerprint density at radius 3 is 2.53 bits per heavy atom. The van der Waals surface area contributed by atoms with Gasteiger partial charge in [0.1, 0.15) is 0 Å². The van der Waals surface area contributed by atoms with E-state index in [1.54, 1.807) is 18.3 Å². The van der Waals surface area contributed by atoms with Crippen LogP contribution in [0.3, 0.4) is 0 Å². The van der Waals surface area contributed by atoms with Gasteiger partial charge in [-0.15, -0.1) is 35.4 Å². The van der Waals surface area contributed by atoms with Crippen molar-refractivity contribution in [2.75, 3.05) is 0 Å². The van der Waals surface area contributed by atoms with E-state index in [1.807, 2.05) is 0 Å². The molecule has 2 rings (SSSR count). The van der Waals surface area contributed by atoms with Crippen molar-refractivity contribution < 1.29 is 28.3 Å². The van der Waals surface area contributed by atoms with Crippen LogP contribution >= 0.6 is 0 Å². The third-order valence-electron chi connectivity index (χ3n) is 2.80. The van der Waals surface area contributed by atoms with Crippen molar-refractivity contribution in [1.29, 1.82) is 0 Å². The van der Waals surface area contributed by atoms with E-state index in [9.17, 15) is 0 Å². The van der Waals surface area contributed by atoms with Crippen molar-refractivity contribution in [1.82, 2.24) is 4.98 Å². The van der Waals surface area contributed by atoms with Crippen molar-refractivity contribution in [3.63, 3.8) is 0 Å². The minimum absolute atomic E-state index is 0. The number of rotatable bonds is 2. The summed E-state index contributed by atoms with van der Waals surface area (Å²) in [6.45, 7) is 1.84. The van der Waals surface area contributed by atoms with Gasteiger partial charge in [0.15, 0.2) is 0 Å². The molecule has 0 fully saturated rings. The number of hydrogen-bond donors (Lipinski definition) is 0. The molecule has 0 atom stereocenters. The van der Waals surface area contributed by atoms with Crippen LogP contribution in [0.25, 0.3) is 11.3 Å². The fourth-order valence-electron chi connectivity index (χ4n) is 1.78. The van der Waals surface area contributed by atoms with E-state index < -0.39 is 21.8 Å². The van der Waals surface area contributed by atoms with Crippen LogP contribution < -0.4 is 5.19 Å². The zero-order chi connectivity index (χ0) is 18.3. The summed E-state index contributed by atoms with van der Waals surface area (Å²) in [6.07, 6.45) is 1.65. The fourth-order valence-corrected chi connectivity index (χ4v) is 3.12. The molecule has 0 aliphatic carbocycles. The van der Waals surface area contributed by atoms with Crippen LogP contribution in [-0.2, 0) is 20.1 Å². The van der Waals surface area contributed by atoms with Crippen molar-refractivity contribution >= 4 is 13.3 Å². The quantitative estimate of drug-likeness (QED) is 0.500. The molecular formula is C16H20IrNSi-. The Morgan fingerprint density at radius 1 is 1.21 bits per heavy atom. The molecule has 1 aromatic heterocycles. The second-order valence-corrected chi connectivity index (χ2v) is 10.4. The summed E-state index contributed by atoms with van der Waals surface area (Å²) in [5.41, 5.74) is 1.58. The van der Waals surface area contributed by atoms with Gasteiger partial charge < -0.3 is 4.98 Å². The normalized spacial score (nSPS) is 17.0. The minimum atomic E-state index is -2.22. The average molecular weight is 453 g/mol. The minimum Gasteiger partial charge on any atom is -0.305 e. The van der Waals surface area contributed by atoms with Gasteiger partial charge in [-0.3, -0.25) is 0 Å². The molecule has 1 nitrogen and oxygen atoms in total. The maximum atomic E-state index is 7.81. The summed E-state index contributed by atoms with van der Waals surface area (Å²) in [5.74, 6) is 0. The van der Waals surface area contributed by atoms with Crippen molar-refractivity contribution in [2.45, 2.75) is 33.3 Å². The zero-order valence-electron chi connectivity index (χ0n) is 17.2. The van der Waals surface area contributed by atoms with Gasteiger partial charge in [-0.05, 0) is 17.7 Å². The first-order valence-corrected chi connectivity index (χ1v) is 9.34. The van der Waals surface area contributed by atoms with Crippen molar-refractivity contribution in [2.24, 2.45) is 0 Å². The summed E-state index contributed by atoms with van der Waals surface area (Å²) in [4.78, 5) is 4.39. The van der Waals surface area contributed by atoms with E-state index >= 15 is 0 Å². The number of hydrogen-bond acceptors (Lipinski definition) is 1. The van der Waals surface area contributed by atoms with Crippen LogP contribution in [0.4, 0.5) is 0 Å². The third kappa shape index (κ3) is 3.85. The smallest absolute Gasteiger partial charge is 0.0798 e. The van der Waals surface area contributed by atoms with E-state index in [1.165, 1.54) is 12.1 Å². The summed E-state index contributed by atoms with van der Waals surface area (Å²) in [6, 6.07) is 9.01. The number of pyridine rings is 1. The standard InChI is InChI=1S/C16H20NSi.Ir/c1-12-6-8-14(9-7-12)15-10-13(2)16(11-17-15)18(3,4)5;/h6-8,10-11H,1-5H3;/q-1;/i1D3,2D3;. The number of benzene rings is 1. The Balaban J connectivity index is 0.00000312. The average Bonchev–Trinajstić information content (AvgIpc) is 2.44. The molecular weight excluding hydrogens is 426 g/mol. The molecule has 103 valence electrons. The molecule has 19 heavy (non-hydrogen) atoms. The fraction of sp³-hybridized carbons (Fsp3) is 0.312. The first-order chi connectivity index (χ1) is 10.8. The van der Waals surface area contributed by atoms with Gasteiger partial charge in [0.25, 0.3) is 0 Å². The molecule has 3 heteroatoms. The first-order valence-electron chi connectivity index (χ1n) is 8.84. The van der Waals surface area contributed by atoms with E-state index in [2.05, 4.69) is 30.7 Å². The summed E-state index contributed by atoms with van der Waals surface area (Å²) >= 11 is 0. The number of aromatic nitrogens is 1. The van der Waals surface area contributed by atoms with E-state index in [0.29, 0.717) is 16.8 Å². The van der Waals surface area contributed by atoms with Gasteiger partial charge in [0.2, 0.25) is 0 Å². The number of nitrogens with zero attached hydrogens (tertiary/aromatic N) is 1. The molecule has 0 aliphatic rings. The molecule has 1 aromatic carbocycles. The molecule has 0 amide bonds. The summed E-state index contributed by atoms with van der Waals surface area (Å²) in [7, 11) is -1.85. The first kappa shape index (κ1) is 9.22. The van der Waals surface area contributed by atoms with E-state index in [-0.39, 0.29) is 25.7 Å². The van der Waals surface area contributed by atoms with Crippen LogP contribution in [-0.4, -0.2) is 13.1 Å². The molecule has 1 heterocycles. The summed E-state index contributed by atoms with van der Waals surface area (Å²) in [5, 5.41) is 0.811. The van der Waals surface area contributed by atoms with Crippen LogP contribution in [0.5, 0.6) is 0 Å². The molecule has 1 radical (unpaired) electrons. The third-order valence-corrected chi connectivity index (χ3v) is 4.82. The maximum Gasteiger partial charge on any atom is 0.0798 e. The Kier molecular flexibility index (Phi) is 2.97.